The number of fused-ring (bicyclic) bond motifs is 1. The van der Waals surface area contributed by atoms with Gasteiger partial charge in [-0.1, -0.05) is 36.4 Å². The summed E-state index contributed by atoms with van der Waals surface area (Å²) in [5.74, 6) is 0.504. The van der Waals surface area contributed by atoms with E-state index in [-0.39, 0.29) is 0 Å². The summed E-state index contributed by atoms with van der Waals surface area (Å²) in [5.41, 5.74) is 23.1. The SMILES string of the molecule is NCc1cccc(N(C(N)=O)c2ccc(-c3cccc4c3c(N)nn4CCN3CCOCC3)cc2)c1. The van der Waals surface area contributed by atoms with E-state index in [2.05, 4.69) is 16.1 Å². The number of nitrogens with zero attached hydrogens (tertiary/aromatic N) is 4. The van der Waals surface area contributed by atoms with Crippen molar-refractivity contribution in [1.29, 1.82) is 0 Å². The van der Waals surface area contributed by atoms with Gasteiger partial charge in [0, 0.05) is 26.2 Å². The van der Waals surface area contributed by atoms with E-state index in [4.69, 9.17) is 21.9 Å². The molecule has 0 unspecified atom stereocenters. The highest BCUT2D eigenvalue weighted by Crippen LogP contribution is 2.34. The van der Waals surface area contributed by atoms with Crippen LogP contribution in [0.25, 0.3) is 22.0 Å². The van der Waals surface area contributed by atoms with Gasteiger partial charge in [0.2, 0.25) is 0 Å². The molecular weight excluding hydrogens is 454 g/mol. The predicted molar refractivity (Wildman–Crippen MR) is 143 cm³/mol. The summed E-state index contributed by atoms with van der Waals surface area (Å²) in [6.45, 7) is 5.45. The van der Waals surface area contributed by atoms with Crippen LogP contribution < -0.4 is 22.1 Å². The number of amides is 2. The Morgan fingerprint density at radius 3 is 2.44 bits per heavy atom. The van der Waals surface area contributed by atoms with Crippen LogP contribution in [0.2, 0.25) is 0 Å². The molecule has 0 aliphatic carbocycles. The van der Waals surface area contributed by atoms with Crippen LogP contribution in [-0.2, 0) is 17.8 Å². The summed E-state index contributed by atoms with van der Waals surface area (Å²) in [5, 5.41) is 5.57. The van der Waals surface area contributed by atoms with Crippen molar-refractivity contribution in [1.82, 2.24) is 14.7 Å². The molecule has 186 valence electrons. The smallest absolute Gasteiger partial charge is 0.323 e. The molecule has 1 aliphatic rings. The molecule has 0 saturated carbocycles. The first-order chi connectivity index (χ1) is 17.5. The van der Waals surface area contributed by atoms with E-state index in [0.717, 1.165) is 67.0 Å². The van der Waals surface area contributed by atoms with Crippen LogP contribution in [0.4, 0.5) is 22.0 Å². The van der Waals surface area contributed by atoms with Gasteiger partial charge in [-0.05, 0) is 47.0 Å². The van der Waals surface area contributed by atoms with Crippen molar-refractivity contribution in [2.75, 3.05) is 43.5 Å². The molecule has 0 atom stereocenters. The summed E-state index contributed by atoms with van der Waals surface area (Å²) in [6.07, 6.45) is 0. The Kier molecular flexibility index (Phi) is 6.86. The lowest BCUT2D eigenvalue weighted by atomic mass is 10.0. The zero-order valence-corrected chi connectivity index (χ0v) is 20.1. The van der Waals surface area contributed by atoms with Gasteiger partial charge in [-0.2, -0.15) is 5.10 Å². The number of nitrogen functional groups attached to an aromatic ring is 1. The molecule has 6 N–H and O–H groups in total. The number of primary amides is 1. The quantitative estimate of drug-likeness (QED) is 0.368. The largest absolute Gasteiger partial charge is 0.382 e. The highest BCUT2D eigenvalue weighted by molar-refractivity contribution is 6.03. The number of hydrogen-bond donors (Lipinski definition) is 3. The molecular formula is C27H31N7O2. The highest BCUT2D eigenvalue weighted by Gasteiger charge is 2.18. The molecule has 1 aliphatic heterocycles. The molecule has 9 heteroatoms. The zero-order chi connectivity index (χ0) is 25.1. The first kappa shape index (κ1) is 23.8. The van der Waals surface area contributed by atoms with E-state index in [9.17, 15) is 4.79 Å². The first-order valence-corrected chi connectivity index (χ1v) is 12.1. The number of urea groups is 1. The maximum Gasteiger partial charge on any atom is 0.323 e. The Morgan fingerprint density at radius 1 is 0.972 bits per heavy atom. The van der Waals surface area contributed by atoms with E-state index in [1.165, 1.54) is 4.90 Å². The third kappa shape index (κ3) is 4.76. The number of morpholine rings is 1. The molecule has 4 aromatic rings. The van der Waals surface area contributed by atoms with Crippen LogP contribution in [0, 0.1) is 0 Å². The molecule has 2 heterocycles. The second-order valence-corrected chi connectivity index (χ2v) is 8.86. The Morgan fingerprint density at radius 2 is 1.72 bits per heavy atom. The lowest BCUT2D eigenvalue weighted by molar-refractivity contribution is 0.0361. The average molecular weight is 486 g/mol. The van der Waals surface area contributed by atoms with Crippen molar-refractivity contribution < 1.29 is 9.53 Å². The van der Waals surface area contributed by atoms with Crippen molar-refractivity contribution in [3.05, 3.63) is 72.3 Å². The van der Waals surface area contributed by atoms with Gasteiger partial charge in [0.15, 0.2) is 5.82 Å². The van der Waals surface area contributed by atoms with Crippen molar-refractivity contribution in [3.8, 4) is 11.1 Å². The van der Waals surface area contributed by atoms with Gasteiger partial charge >= 0.3 is 6.03 Å². The predicted octanol–water partition coefficient (Wildman–Crippen LogP) is 3.29. The first-order valence-electron chi connectivity index (χ1n) is 12.1. The molecule has 9 nitrogen and oxygen atoms in total. The number of hydrogen-bond acceptors (Lipinski definition) is 6. The fourth-order valence-corrected chi connectivity index (χ4v) is 4.75. The minimum Gasteiger partial charge on any atom is -0.382 e. The third-order valence-electron chi connectivity index (χ3n) is 6.60. The Bertz CT molecular complexity index is 1360. The van der Waals surface area contributed by atoms with Crippen LogP contribution >= 0.6 is 0 Å². The van der Waals surface area contributed by atoms with Crippen LogP contribution in [0.3, 0.4) is 0 Å². The average Bonchev–Trinajstić information content (AvgIpc) is 3.24. The lowest BCUT2D eigenvalue weighted by Gasteiger charge is -2.26. The van der Waals surface area contributed by atoms with Gasteiger partial charge in [-0.25, -0.2) is 4.79 Å². The molecule has 3 aromatic carbocycles. The highest BCUT2D eigenvalue weighted by atomic mass is 16.5. The minimum atomic E-state index is -0.565. The summed E-state index contributed by atoms with van der Waals surface area (Å²) in [6, 6.07) is 20.7. The normalized spacial score (nSPS) is 14.2. The van der Waals surface area contributed by atoms with Crippen molar-refractivity contribution in [2.24, 2.45) is 11.5 Å². The van der Waals surface area contributed by atoms with Crippen LogP contribution in [0.1, 0.15) is 5.56 Å². The Hall–Kier alpha value is -3.92. The van der Waals surface area contributed by atoms with Crippen molar-refractivity contribution in [2.45, 2.75) is 13.1 Å². The standard InChI is InChI=1S/C27H31N7O2/c28-18-19-3-1-4-22(17-19)34(27(30)35)21-9-7-20(8-10-21)23-5-2-6-24-25(23)26(29)31-33(24)12-11-32-13-15-36-16-14-32/h1-10,17H,11-16,18,28H2,(H2,29,31)(H2,30,35). The molecule has 0 bridgehead atoms. The molecule has 1 saturated heterocycles. The monoisotopic (exact) mass is 485 g/mol. The number of benzene rings is 3. The second kappa shape index (κ2) is 10.4. The van der Waals surface area contributed by atoms with Gasteiger partial charge in [0.25, 0.3) is 0 Å². The van der Waals surface area contributed by atoms with Crippen molar-refractivity contribution >= 4 is 34.1 Å². The minimum absolute atomic E-state index is 0.380. The van der Waals surface area contributed by atoms with Gasteiger partial charge < -0.3 is 21.9 Å². The molecule has 2 amide bonds. The number of anilines is 3. The maximum atomic E-state index is 12.3. The molecule has 5 rings (SSSR count). The maximum absolute atomic E-state index is 12.3. The summed E-state index contributed by atoms with van der Waals surface area (Å²) in [4.78, 5) is 16.2. The number of rotatable bonds is 7. The fraction of sp³-hybridized carbons (Fsp3) is 0.259. The third-order valence-corrected chi connectivity index (χ3v) is 6.60. The number of aromatic nitrogens is 2. The van der Waals surface area contributed by atoms with Gasteiger partial charge in [0.1, 0.15) is 0 Å². The molecule has 0 radical (unpaired) electrons. The van der Waals surface area contributed by atoms with E-state index in [1.807, 2.05) is 65.3 Å². The fourth-order valence-electron chi connectivity index (χ4n) is 4.75. The lowest BCUT2D eigenvalue weighted by Crippen LogP contribution is -2.38. The van der Waals surface area contributed by atoms with Crippen LogP contribution in [0.15, 0.2) is 66.7 Å². The Labute approximate surface area is 210 Å². The Balaban J connectivity index is 1.44. The summed E-state index contributed by atoms with van der Waals surface area (Å²) in [7, 11) is 0. The van der Waals surface area contributed by atoms with E-state index in [1.54, 1.807) is 0 Å². The van der Waals surface area contributed by atoms with Gasteiger partial charge in [-0.3, -0.25) is 14.5 Å². The topological polar surface area (TPSA) is 129 Å². The number of nitrogens with two attached hydrogens (primary N) is 3. The van der Waals surface area contributed by atoms with E-state index in [0.29, 0.717) is 23.7 Å². The molecule has 0 spiro atoms. The van der Waals surface area contributed by atoms with Crippen LogP contribution in [-0.4, -0.2) is 53.6 Å². The van der Waals surface area contributed by atoms with E-state index < -0.39 is 6.03 Å². The molecule has 36 heavy (non-hydrogen) atoms. The molecule has 1 aromatic heterocycles. The number of ether oxygens (including phenoxy) is 1. The number of carbonyl (C=O) groups excluding carboxylic acids is 1. The summed E-state index contributed by atoms with van der Waals surface area (Å²) >= 11 is 0. The summed E-state index contributed by atoms with van der Waals surface area (Å²) < 4.78 is 7.43. The van der Waals surface area contributed by atoms with Crippen LogP contribution in [0.5, 0.6) is 0 Å². The van der Waals surface area contributed by atoms with E-state index >= 15 is 0 Å². The number of carbonyl (C=O) groups is 1. The molecule has 1 fully saturated rings. The second-order valence-electron chi connectivity index (χ2n) is 8.86. The van der Waals surface area contributed by atoms with Gasteiger partial charge in [-0.15, -0.1) is 0 Å². The van der Waals surface area contributed by atoms with Crippen molar-refractivity contribution in [3.63, 3.8) is 0 Å². The van der Waals surface area contributed by atoms with Gasteiger partial charge in [0.05, 0.1) is 42.0 Å². The zero-order valence-electron chi connectivity index (χ0n) is 20.1.